The summed E-state index contributed by atoms with van der Waals surface area (Å²) >= 11 is 13.1. The summed E-state index contributed by atoms with van der Waals surface area (Å²) in [5, 5.41) is 3.69. The number of fused-ring (bicyclic) bond motifs is 1. The smallest absolute Gasteiger partial charge is 0.258 e. The fourth-order valence-corrected chi connectivity index (χ4v) is 4.98. The maximum absolute atomic E-state index is 12.5. The standard InChI is InChI=1S/C17H15Cl2N3O3S2/c1-3-22(2)27(24,25)11-5-7-14-15(9-11)26-17(20-14)21-16(23)12-6-4-10(18)8-13(12)19/h4-9H,3H2,1-2H3,(H,20,21,23). The van der Waals surface area contributed by atoms with Gasteiger partial charge in [0.25, 0.3) is 5.91 Å². The minimum Gasteiger partial charge on any atom is -0.298 e. The van der Waals surface area contributed by atoms with Crippen LogP contribution in [0.3, 0.4) is 0 Å². The number of carbonyl (C=O) groups excluding carboxylic acids is 1. The van der Waals surface area contributed by atoms with Crippen molar-refractivity contribution in [3.8, 4) is 0 Å². The zero-order valence-corrected chi connectivity index (χ0v) is 17.5. The van der Waals surface area contributed by atoms with E-state index >= 15 is 0 Å². The van der Waals surface area contributed by atoms with Gasteiger partial charge >= 0.3 is 0 Å². The summed E-state index contributed by atoms with van der Waals surface area (Å²) in [5.41, 5.74) is 0.865. The molecule has 0 saturated carbocycles. The maximum atomic E-state index is 12.5. The molecular weight excluding hydrogens is 429 g/mol. The Labute approximate surface area is 170 Å². The molecule has 0 aliphatic rings. The van der Waals surface area contributed by atoms with E-state index in [0.29, 0.717) is 26.9 Å². The van der Waals surface area contributed by atoms with Crippen molar-refractivity contribution < 1.29 is 13.2 Å². The Morgan fingerprint density at radius 1 is 1.22 bits per heavy atom. The van der Waals surface area contributed by atoms with Gasteiger partial charge in [-0.1, -0.05) is 41.5 Å². The number of aromatic nitrogens is 1. The molecule has 0 radical (unpaired) electrons. The van der Waals surface area contributed by atoms with Gasteiger partial charge in [0.05, 0.1) is 25.7 Å². The Morgan fingerprint density at radius 3 is 2.63 bits per heavy atom. The van der Waals surface area contributed by atoms with Crippen LogP contribution in [0.4, 0.5) is 5.13 Å². The SMILES string of the molecule is CCN(C)S(=O)(=O)c1ccc2nc(NC(=O)c3ccc(Cl)cc3Cl)sc2c1. The first-order valence-corrected chi connectivity index (χ1v) is 10.9. The summed E-state index contributed by atoms with van der Waals surface area (Å²) in [7, 11) is -2.03. The second kappa shape index (κ2) is 7.73. The number of thiazole rings is 1. The molecule has 2 aromatic carbocycles. The summed E-state index contributed by atoms with van der Waals surface area (Å²) in [4.78, 5) is 16.9. The van der Waals surface area contributed by atoms with E-state index in [-0.39, 0.29) is 15.5 Å². The van der Waals surface area contributed by atoms with Crippen molar-refractivity contribution in [2.75, 3.05) is 18.9 Å². The molecule has 1 N–H and O–H groups in total. The largest absolute Gasteiger partial charge is 0.298 e. The van der Waals surface area contributed by atoms with Crippen molar-refractivity contribution in [3.05, 3.63) is 52.0 Å². The lowest BCUT2D eigenvalue weighted by atomic mass is 10.2. The first-order valence-electron chi connectivity index (χ1n) is 7.85. The predicted octanol–water partition coefficient (Wildman–Crippen LogP) is 4.50. The number of sulfonamides is 1. The van der Waals surface area contributed by atoms with Crippen molar-refractivity contribution >= 4 is 65.8 Å². The van der Waals surface area contributed by atoms with Crippen LogP contribution in [-0.4, -0.2) is 37.2 Å². The van der Waals surface area contributed by atoms with Crippen LogP contribution >= 0.6 is 34.5 Å². The van der Waals surface area contributed by atoms with E-state index < -0.39 is 15.9 Å². The zero-order valence-electron chi connectivity index (χ0n) is 14.4. The summed E-state index contributed by atoms with van der Waals surface area (Å²) in [6.45, 7) is 2.13. The molecule has 0 saturated heterocycles. The molecule has 0 atom stereocenters. The molecular formula is C17H15Cl2N3O3S2. The lowest BCUT2D eigenvalue weighted by Crippen LogP contribution is -2.26. The number of benzene rings is 2. The highest BCUT2D eigenvalue weighted by Crippen LogP contribution is 2.30. The zero-order chi connectivity index (χ0) is 19.8. The Hall–Kier alpha value is -1.71. The highest BCUT2D eigenvalue weighted by Gasteiger charge is 2.20. The lowest BCUT2D eigenvalue weighted by Gasteiger charge is -2.14. The Morgan fingerprint density at radius 2 is 1.96 bits per heavy atom. The number of rotatable bonds is 5. The van der Waals surface area contributed by atoms with Crippen LogP contribution in [-0.2, 0) is 10.0 Å². The monoisotopic (exact) mass is 443 g/mol. The summed E-state index contributed by atoms with van der Waals surface area (Å²) in [6.07, 6.45) is 0. The molecule has 6 nitrogen and oxygen atoms in total. The van der Waals surface area contributed by atoms with Gasteiger partial charge in [-0.3, -0.25) is 10.1 Å². The lowest BCUT2D eigenvalue weighted by molar-refractivity contribution is 0.102. The van der Waals surface area contributed by atoms with Gasteiger partial charge in [-0.25, -0.2) is 17.7 Å². The van der Waals surface area contributed by atoms with Crippen molar-refractivity contribution in [1.29, 1.82) is 0 Å². The Kier molecular flexibility index (Phi) is 5.73. The van der Waals surface area contributed by atoms with Gasteiger partial charge in [0, 0.05) is 18.6 Å². The molecule has 1 aromatic heterocycles. The summed E-state index contributed by atoms with van der Waals surface area (Å²) < 4.78 is 26.8. The summed E-state index contributed by atoms with van der Waals surface area (Å²) in [5.74, 6) is -0.422. The van der Waals surface area contributed by atoms with E-state index in [2.05, 4.69) is 10.3 Å². The third-order valence-corrected chi connectivity index (χ3v) is 7.32. The molecule has 142 valence electrons. The molecule has 0 spiro atoms. The molecule has 0 unspecified atom stereocenters. The van der Waals surface area contributed by atoms with Crippen molar-refractivity contribution in [1.82, 2.24) is 9.29 Å². The van der Waals surface area contributed by atoms with Gasteiger partial charge in [0.2, 0.25) is 10.0 Å². The van der Waals surface area contributed by atoms with E-state index in [4.69, 9.17) is 23.2 Å². The van der Waals surface area contributed by atoms with Gasteiger partial charge in [0.15, 0.2) is 5.13 Å². The topological polar surface area (TPSA) is 79.4 Å². The van der Waals surface area contributed by atoms with Gasteiger partial charge in [-0.15, -0.1) is 0 Å². The van der Waals surface area contributed by atoms with E-state index in [0.717, 1.165) is 0 Å². The molecule has 3 rings (SSSR count). The molecule has 0 fully saturated rings. The Balaban J connectivity index is 1.90. The number of halogens is 2. The molecule has 1 amide bonds. The van der Waals surface area contributed by atoms with Crippen LogP contribution in [0.2, 0.25) is 10.0 Å². The molecule has 0 aliphatic carbocycles. The second-order valence-corrected chi connectivity index (χ2v) is 9.57. The Bertz CT molecular complexity index is 1130. The molecule has 10 heteroatoms. The second-order valence-electron chi connectivity index (χ2n) is 5.65. The number of hydrogen-bond donors (Lipinski definition) is 1. The van der Waals surface area contributed by atoms with Crippen molar-refractivity contribution in [3.63, 3.8) is 0 Å². The maximum Gasteiger partial charge on any atom is 0.258 e. The fraction of sp³-hybridized carbons (Fsp3) is 0.176. The first kappa shape index (κ1) is 20.0. The average molecular weight is 444 g/mol. The number of hydrogen-bond acceptors (Lipinski definition) is 5. The van der Waals surface area contributed by atoms with Crippen LogP contribution in [0.5, 0.6) is 0 Å². The number of anilines is 1. The van der Waals surface area contributed by atoms with Gasteiger partial charge in [-0.2, -0.15) is 0 Å². The normalized spacial score (nSPS) is 11.9. The third kappa shape index (κ3) is 4.09. The molecule has 1 heterocycles. The highest BCUT2D eigenvalue weighted by atomic mass is 35.5. The quantitative estimate of drug-likeness (QED) is 0.629. The molecule has 0 aliphatic heterocycles. The van der Waals surface area contributed by atoms with Gasteiger partial charge in [-0.05, 0) is 36.4 Å². The first-order chi connectivity index (χ1) is 12.7. The van der Waals surface area contributed by atoms with Crippen molar-refractivity contribution in [2.45, 2.75) is 11.8 Å². The number of nitrogens with one attached hydrogen (secondary N) is 1. The van der Waals surface area contributed by atoms with E-state index in [9.17, 15) is 13.2 Å². The van der Waals surface area contributed by atoms with Crippen molar-refractivity contribution in [2.24, 2.45) is 0 Å². The minimum absolute atomic E-state index is 0.182. The summed E-state index contributed by atoms with van der Waals surface area (Å²) in [6, 6.07) is 9.26. The van der Waals surface area contributed by atoms with E-state index in [1.54, 1.807) is 25.1 Å². The molecule has 3 aromatic rings. The molecule has 0 bridgehead atoms. The van der Waals surface area contributed by atoms with E-state index in [1.807, 2.05) is 0 Å². The minimum atomic E-state index is -3.55. The van der Waals surface area contributed by atoms with Crippen LogP contribution in [0.1, 0.15) is 17.3 Å². The number of amides is 1. The van der Waals surface area contributed by atoms with Gasteiger partial charge in [0.1, 0.15) is 0 Å². The highest BCUT2D eigenvalue weighted by molar-refractivity contribution is 7.89. The average Bonchev–Trinajstić information content (AvgIpc) is 3.01. The number of nitrogens with zero attached hydrogens (tertiary/aromatic N) is 2. The van der Waals surface area contributed by atoms with Gasteiger partial charge < -0.3 is 0 Å². The van der Waals surface area contributed by atoms with Crippen LogP contribution < -0.4 is 5.32 Å². The van der Waals surface area contributed by atoms with E-state index in [1.165, 1.54) is 40.9 Å². The number of carbonyl (C=O) groups is 1. The fourth-order valence-electron chi connectivity index (χ4n) is 2.31. The van der Waals surface area contributed by atoms with Crippen LogP contribution in [0.25, 0.3) is 10.2 Å². The third-order valence-electron chi connectivity index (χ3n) is 3.91. The predicted molar refractivity (Wildman–Crippen MR) is 110 cm³/mol. The van der Waals surface area contributed by atoms with Crippen LogP contribution in [0, 0.1) is 0 Å². The molecule has 27 heavy (non-hydrogen) atoms. The van der Waals surface area contributed by atoms with Crippen LogP contribution in [0.15, 0.2) is 41.3 Å².